The van der Waals surface area contributed by atoms with Gasteiger partial charge in [0.05, 0.1) is 13.2 Å². The summed E-state index contributed by atoms with van der Waals surface area (Å²) in [5.41, 5.74) is 0. The molecule has 9 heteroatoms. The Kier molecular flexibility index (Phi) is 20.3. The minimum atomic E-state index is -4.67. The summed E-state index contributed by atoms with van der Waals surface area (Å²) in [6.07, 6.45) is 0. The highest BCUT2D eigenvalue weighted by atomic mass is 32.3. The van der Waals surface area contributed by atoms with E-state index in [1.807, 2.05) is 13.8 Å². The van der Waals surface area contributed by atoms with Crippen LogP contribution in [-0.2, 0) is 20.1 Å². The van der Waals surface area contributed by atoms with Gasteiger partial charge in [0.1, 0.15) is 0 Å². The Balaban J connectivity index is -0.000000117. The third-order valence-corrected chi connectivity index (χ3v) is 0.333. The van der Waals surface area contributed by atoms with E-state index in [9.17, 15) is 0 Å². The summed E-state index contributed by atoms with van der Waals surface area (Å²) < 4.78 is 31.6. The SMILES string of the molecule is CCON.CCON.O=S(=O)(O)O. The Morgan fingerprint density at radius 1 is 1.08 bits per heavy atom. The van der Waals surface area contributed by atoms with E-state index < -0.39 is 10.4 Å². The lowest BCUT2D eigenvalue weighted by Crippen LogP contribution is -1.94. The highest BCUT2D eigenvalue weighted by Crippen LogP contribution is 1.59. The molecule has 0 bridgehead atoms. The lowest BCUT2D eigenvalue weighted by molar-refractivity contribution is 0.152. The molecular formula is C4H16N2O6S. The molecule has 13 heavy (non-hydrogen) atoms. The van der Waals surface area contributed by atoms with Crippen molar-refractivity contribution in [2.45, 2.75) is 13.8 Å². The Bertz CT molecular complexity index is 142. The Morgan fingerprint density at radius 2 is 1.15 bits per heavy atom. The van der Waals surface area contributed by atoms with Crippen LogP contribution >= 0.6 is 0 Å². The predicted molar refractivity (Wildman–Crippen MR) is 45.8 cm³/mol. The molecule has 0 unspecified atom stereocenters. The summed E-state index contributed by atoms with van der Waals surface area (Å²) in [5, 5.41) is 0. The van der Waals surface area contributed by atoms with Crippen molar-refractivity contribution in [3.63, 3.8) is 0 Å². The second-order valence-electron chi connectivity index (χ2n) is 1.36. The third-order valence-electron chi connectivity index (χ3n) is 0.333. The molecule has 6 N–H and O–H groups in total. The fourth-order valence-corrected chi connectivity index (χ4v) is 0. The van der Waals surface area contributed by atoms with Crippen molar-refractivity contribution in [3.05, 3.63) is 0 Å². The minimum Gasteiger partial charge on any atom is -0.305 e. The maximum Gasteiger partial charge on any atom is 0.394 e. The summed E-state index contributed by atoms with van der Waals surface area (Å²) in [6.45, 7) is 4.86. The normalized spacial score (nSPS) is 9.08. The van der Waals surface area contributed by atoms with Crippen LogP contribution in [0.25, 0.3) is 0 Å². The molecule has 0 atom stereocenters. The van der Waals surface area contributed by atoms with Gasteiger partial charge in [-0.1, -0.05) is 0 Å². The first-order valence-electron chi connectivity index (χ1n) is 3.16. The maximum absolute atomic E-state index is 8.74. The van der Waals surface area contributed by atoms with E-state index in [4.69, 9.17) is 17.5 Å². The van der Waals surface area contributed by atoms with E-state index >= 15 is 0 Å². The van der Waals surface area contributed by atoms with E-state index in [0.717, 1.165) is 0 Å². The molecule has 0 aromatic carbocycles. The van der Waals surface area contributed by atoms with Gasteiger partial charge in [0.2, 0.25) is 0 Å². The van der Waals surface area contributed by atoms with Crippen LogP contribution < -0.4 is 11.8 Å². The lowest BCUT2D eigenvalue weighted by Gasteiger charge is -1.76. The number of rotatable bonds is 2. The quantitative estimate of drug-likeness (QED) is 0.347. The van der Waals surface area contributed by atoms with Gasteiger partial charge in [-0.3, -0.25) is 9.11 Å². The zero-order valence-electron chi connectivity index (χ0n) is 7.50. The van der Waals surface area contributed by atoms with Crippen LogP contribution in [0.1, 0.15) is 13.8 Å². The van der Waals surface area contributed by atoms with Gasteiger partial charge < -0.3 is 9.68 Å². The van der Waals surface area contributed by atoms with Gasteiger partial charge in [-0.25, -0.2) is 11.8 Å². The molecule has 0 aromatic heterocycles. The van der Waals surface area contributed by atoms with Gasteiger partial charge in [0.15, 0.2) is 0 Å². The first-order chi connectivity index (χ1) is 5.83. The fourth-order valence-electron chi connectivity index (χ4n) is 0. The predicted octanol–water partition coefficient (Wildman–Crippen LogP) is -0.860. The maximum atomic E-state index is 8.74. The lowest BCUT2D eigenvalue weighted by atomic mass is 10.9. The van der Waals surface area contributed by atoms with Crippen molar-refractivity contribution >= 4 is 10.4 Å². The topological polar surface area (TPSA) is 145 Å². The standard InChI is InChI=1S/2C2H7NO.H2O4S/c2*1-2-4-3;1-5(2,3)4/h2*2-3H2,1H3;(H2,1,2,3,4). The molecule has 0 heterocycles. The van der Waals surface area contributed by atoms with Gasteiger partial charge in [-0.2, -0.15) is 8.42 Å². The third kappa shape index (κ3) is 378. The fraction of sp³-hybridized carbons (Fsp3) is 1.00. The van der Waals surface area contributed by atoms with Gasteiger partial charge in [0.25, 0.3) is 0 Å². The Labute approximate surface area is 77.3 Å². The first-order valence-corrected chi connectivity index (χ1v) is 4.56. The minimum absolute atomic E-state index is 0.597. The van der Waals surface area contributed by atoms with Crippen LogP contribution in [0.3, 0.4) is 0 Å². The molecule has 0 saturated carbocycles. The van der Waals surface area contributed by atoms with E-state index in [1.54, 1.807) is 0 Å². The van der Waals surface area contributed by atoms with Crippen molar-refractivity contribution in [1.29, 1.82) is 0 Å². The molecule has 0 aromatic rings. The van der Waals surface area contributed by atoms with Gasteiger partial charge in [0, 0.05) is 0 Å². The average Bonchev–Trinajstić information content (AvgIpc) is 2.01. The molecule has 0 fully saturated rings. The molecule has 0 aliphatic heterocycles. The molecule has 0 aliphatic rings. The molecule has 0 rings (SSSR count). The molecule has 0 saturated heterocycles. The second-order valence-corrected chi connectivity index (χ2v) is 2.25. The largest absolute Gasteiger partial charge is 0.394 e. The van der Waals surface area contributed by atoms with Crippen molar-refractivity contribution in [2.75, 3.05) is 13.2 Å². The van der Waals surface area contributed by atoms with Crippen LogP contribution in [0, 0.1) is 0 Å². The van der Waals surface area contributed by atoms with Crippen LogP contribution in [-0.4, -0.2) is 30.7 Å². The van der Waals surface area contributed by atoms with Crippen molar-refractivity contribution in [1.82, 2.24) is 0 Å². The summed E-state index contributed by atoms with van der Waals surface area (Å²) in [7, 11) is -4.67. The van der Waals surface area contributed by atoms with Crippen LogP contribution in [0.5, 0.6) is 0 Å². The highest BCUT2D eigenvalue weighted by molar-refractivity contribution is 7.79. The Hall–Kier alpha value is -0.290. The number of nitrogens with two attached hydrogens (primary N) is 2. The number of hydrogen-bond acceptors (Lipinski definition) is 6. The molecule has 8 nitrogen and oxygen atoms in total. The van der Waals surface area contributed by atoms with E-state index in [1.165, 1.54) is 0 Å². The van der Waals surface area contributed by atoms with Crippen LogP contribution in [0.2, 0.25) is 0 Å². The molecule has 0 radical (unpaired) electrons. The molecular weight excluding hydrogens is 204 g/mol. The summed E-state index contributed by atoms with van der Waals surface area (Å²) in [4.78, 5) is 8.08. The summed E-state index contributed by atoms with van der Waals surface area (Å²) >= 11 is 0. The van der Waals surface area contributed by atoms with Crippen molar-refractivity contribution in [2.24, 2.45) is 11.8 Å². The van der Waals surface area contributed by atoms with Crippen LogP contribution in [0.15, 0.2) is 0 Å². The first kappa shape index (κ1) is 18.5. The smallest absolute Gasteiger partial charge is 0.305 e. The second kappa shape index (κ2) is 14.2. The number of hydrogen-bond donors (Lipinski definition) is 4. The van der Waals surface area contributed by atoms with Gasteiger partial charge in [-0.05, 0) is 13.8 Å². The zero-order chi connectivity index (χ0) is 11.3. The zero-order valence-corrected chi connectivity index (χ0v) is 8.32. The van der Waals surface area contributed by atoms with Crippen molar-refractivity contribution < 1.29 is 27.2 Å². The monoisotopic (exact) mass is 220 g/mol. The van der Waals surface area contributed by atoms with Gasteiger partial charge in [-0.15, -0.1) is 0 Å². The van der Waals surface area contributed by atoms with E-state index in [0.29, 0.717) is 13.2 Å². The van der Waals surface area contributed by atoms with Crippen LogP contribution in [0.4, 0.5) is 0 Å². The summed E-state index contributed by atoms with van der Waals surface area (Å²) in [6, 6.07) is 0. The average molecular weight is 220 g/mol. The highest BCUT2D eigenvalue weighted by Gasteiger charge is 1.84. The molecule has 0 spiro atoms. The Morgan fingerprint density at radius 3 is 1.15 bits per heavy atom. The molecule has 0 aliphatic carbocycles. The summed E-state index contributed by atoms with van der Waals surface area (Å²) in [5.74, 6) is 9.06. The van der Waals surface area contributed by atoms with E-state index in [2.05, 4.69) is 21.5 Å². The van der Waals surface area contributed by atoms with E-state index in [-0.39, 0.29) is 0 Å². The van der Waals surface area contributed by atoms with Gasteiger partial charge >= 0.3 is 10.4 Å². The molecule has 0 amide bonds. The molecule has 84 valence electrons. The van der Waals surface area contributed by atoms with Crippen molar-refractivity contribution in [3.8, 4) is 0 Å².